The molecule has 0 saturated carbocycles. The van der Waals surface area contributed by atoms with Crippen LogP contribution >= 0.6 is 11.6 Å². The van der Waals surface area contributed by atoms with Crippen LogP contribution in [0.3, 0.4) is 0 Å². The second kappa shape index (κ2) is 7.37. The van der Waals surface area contributed by atoms with Crippen LogP contribution in [0.5, 0.6) is 0 Å². The van der Waals surface area contributed by atoms with Crippen molar-refractivity contribution < 1.29 is 0 Å². The zero-order valence-electron chi connectivity index (χ0n) is 13.7. The van der Waals surface area contributed by atoms with Crippen molar-refractivity contribution >= 4 is 22.9 Å². The van der Waals surface area contributed by atoms with Gasteiger partial charge in [-0.25, -0.2) is 0 Å². The van der Waals surface area contributed by atoms with Crippen LogP contribution in [-0.4, -0.2) is 0 Å². The first-order valence-corrected chi connectivity index (χ1v) is 8.38. The minimum atomic E-state index is 0.735. The number of nitrogens with two attached hydrogens (primary N) is 1. The third kappa shape index (κ3) is 3.87. The van der Waals surface area contributed by atoms with Gasteiger partial charge < -0.3 is 5.73 Å². The predicted molar refractivity (Wildman–Crippen MR) is 104 cm³/mol. The quantitative estimate of drug-likeness (QED) is 0.590. The third-order valence-electron chi connectivity index (χ3n) is 4.04. The minimum absolute atomic E-state index is 0.735. The van der Waals surface area contributed by atoms with Crippen LogP contribution in [-0.2, 0) is 6.42 Å². The molecular weight excluding hydrogens is 314 g/mol. The van der Waals surface area contributed by atoms with Gasteiger partial charge in [0.15, 0.2) is 0 Å². The van der Waals surface area contributed by atoms with Crippen LogP contribution in [0, 0.1) is 6.92 Å². The van der Waals surface area contributed by atoms with Crippen molar-refractivity contribution in [3.63, 3.8) is 0 Å². The van der Waals surface area contributed by atoms with Gasteiger partial charge in [-0.05, 0) is 54.3 Å². The lowest BCUT2D eigenvalue weighted by atomic mass is 9.93. The van der Waals surface area contributed by atoms with E-state index in [0.717, 1.165) is 33.8 Å². The molecule has 0 amide bonds. The fourth-order valence-corrected chi connectivity index (χ4v) is 2.88. The van der Waals surface area contributed by atoms with Gasteiger partial charge in [0.2, 0.25) is 0 Å². The lowest BCUT2D eigenvalue weighted by molar-refractivity contribution is 1.27. The molecule has 0 aliphatic rings. The molecule has 3 aromatic rings. The van der Waals surface area contributed by atoms with Crippen molar-refractivity contribution in [2.24, 2.45) is 0 Å². The number of anilines is 1. The van der Waals surface area contributed by atoms with Gasteiger partial charge in [-0.1, -0.05) is 71.8 Å². The maximum Gasteiger partial charge on any atom is 0.0406 e. The smallest absolute Gasteiger partial charge is 0.0406 e. The molecule has 0 fully saturated rings. The highest BCUT2D eigenvalue weighted by Gasteiger charge is 2.09. The summed E-state index contributed by atoms with van der Waals surface area (Å²) in [4.78, 5) is 0. The molecule has 3 aromatic carbocycles. The monoisotopic (exact) mass is 333 g/mol. The van der Waals surface area contributed by atoms with Crippen LogP contribution in [0.15, 0.2) is 78.9 Å². The zero-order valence-corrected chi connectivity index (χ0v) is 14.4. The highest BCUT2D eigenvalue weighted by Crippen LogP contribution is 2.30. The molecule has 120 valence electrons. The van der Waals surface area contributed by atoms with E-state index < -0.39 is 0 Å². The Morgan fingerprint density at radius 3 is 2.38 bits per heavy atom. The first kappa shape index (κ1) is 16.4. The van der Waals surface area contributed by atoms with E-state index in [1.807, 2.05) is 42.5 Å². The summed E-state index contributed by atoms with van der Waals surface area (Å²) in [5.41, 5.74) is 12.8. The summed E-state index contributed by atoms with van der Waals surface area (Å²) in [6, 6.07) is 24.5. The number of hydrogen-bond acceptors (Lipinski definition) is 1. The molecule has 0 aromatic heterocycles. The summed E-state index contributed by atoms with van der Waals surface area (Å²) in [5, 5.41) is 0.735. The van der Waals surface area contributed by atoms with Gasteiger partial charge in [-0.15, -0.1) is 0 Å². The van der Waals surface area contributed by atoms with E-state index in [4.69, 9.17) is 17.3 Å². The lowest BCUT2D eigenvalue weighted by Gasteiger charge is -2.13. The predicted octanol–water partition coefficient (Wildman–Crippen LogP) is 5.91. The minimum Gasteiger partial charge on any atom is -0.398 e. The summed E-state index contributed by atoms with van der Waals surface area (Å²) in [6.45, 7) is 2.08. The van der Waals surface area contributed by atoms with Crippen LogP contribution < -0.4 is 5.73 Å². The number of aryl methyl sites for hydroxylation is 1. The molecule has 1 nitrogen and oxygen atoms in total. The van der Waals surface area contributed by atoms with Gasteiger partial charge in [0.1, 0.15) is 0 Å². The first-order valence-electron chi connectivity index (χ1n) is 8.00. The van der Waals surface area contributed by atoms with E-state index in [1.54, 1.807) is 0 Å². The molecule has 2 N–H and O–H groups in total. The number of halogens is 1. The Morgan fingerprint density at radius 1 is 0.958 bits per heavy atom. The number of rotatable bonds is 4. The van der Waals surface area contributed by atoms with Gasteiger partial charge in [0.25, 0.3) is 0 Å². The maximum absolute atomic E-state index is 6.26. The molecule has 3 rings (SSSR count). The fourth-order valence-electron chi connectivity index (χ4n) is 2.75. The molecule has 0 unspecified atom stereocenters. The van der Waals surface area contributed by atoms with Crippen LogP contribution in [0.2, 0.25) is 5.02 Å². The van der Waals surface area contributed by atoms with Gasteiger partial charge >= 0.3 is 0 Å². The molecule has 0 radical (unpaired) electrons. The Hall–Kier alpha value is -2.51. The maximum atomic E-state index is 6.26. The molecule has 24 heavy (non-hydrogen) atoms. The summed E-state index contributed by atoms with van der Waals surface area (Å²) < 4.78 is 0. The number of nitrogen functional groups attached to an aromatic ring is 1. The third-order valence-corrected chi connectivity index (χ3v) is 4.29. The summed E-state index contributed by atoms with van der Waals surface area (Å²) in [5.74, 6) is 0. The van der Waals surface area contributed by atoms with Gasteiger partial charge in [0, 0.05) is 16.3 Å². The van der Waals surface area contributed by atoms with Crippen LogP contribution in [0.1, 0.15) is 22.3 Å². The van der Waals surface area contributed by atoms with Crippen LogP contribution in [0.4, 0.5) is 5.69 Å². The highest BCUT2D eigenvalue weighted by atomic mass is 35.5. The largest absolute Gasteiger partial charge is 0.398 e. The summed E-state index contributed by atoms with van der Waals surface area (Å²) >= 11 is 6.05. The molecule has 2 heteroatoms. The van der Waals surface area contributed by atoms with Crippen molar-refractivity contribution in [1.29, 1.82) is 0 Å². The first-order chi connectivity index (χ1) is 11.6. The Kier molecular flexibility index (Phi) is 5.02. The van der Waals surface area contributed by atoms with E-state index in [1.165, 1.54) is 11.1 Å². The fraction of sp³-hybridized carbons (Fsp3) is 0.0909. The summed E-state index contributed by atoms with van der Waals surface area (Å²) in [7, 11) is 0. The average Bonchev–Trinajstić information content (AvgIpc) is 2.60. The zero-order chi connectivity index (χ0) is 16.9. The molecule has 0 atom stereocenters. The van der Waals surface area contributed by atoms with Crippen LogP contribution in [0.25, 0.3) is 5.57 Å². The second-order valence-corrected chi connectivity index (χ2v) is 6.34. The number of benzene rings is 3. The number of allylic oxidation sites excluding steroid dienone is 1. The topological polar surface area (TPSA) is 26.0 Å². The second-order valence-electron chi connectivity index (χ2n) is 5.91. The lowest BCUT2D eigenvalue weighted by Crippen LogP contribution is -1.97. The molecule has 0 saturated heterocycles. The van der Waals surface area contributed by atoms with Crippen molar-refractivity contribution in [2.75, 3.05) is 5.73 Å². The Morgan fingerprint density at radius 2 is 1.67 bits per heavy atom. The number of hydrogen-bond donors (Lipinski definition) is 1. The van der Waals surface area contributed by atoms with E-state index in [2.05, 4.69) is 43.3 Å². The molecule has 0 spiro atoms. The van der Waals surface area contributed by atoms with Crippen molar-refractivity contribution in [2.45, 2.75) is 13.3 Å². The van der Waals surface area contributed by atoms with Gasteiger partial charge in [0.05, 0.1) is 0 Å². The van der Waals surface area contributed by atoms with E-state index >= 15 is 0 Å². The summed E-state index contributed by atoms with van der Waals surface area (Å²) in [6.07, 6.45) is 3.09. The highest BCUT2D eigenvalue weighted by molar-refractivity contribution is 6.30. The molecule has 0 aliphatic heterocycles. The average molecular weight is 334 g/mol. The van der Waals surface area contributed by atoms with E-state index in [0.29, 0.717) is 0 Å². The van der Waals surface area contributed by atoms with Crippen molar-refractivity contribution in [3.8, 4) is 0 Å². The molecule has 0 aliphatic carbocycles. The normalized spacial score (nSPS) is 11.5. The SMILES string of the molecule is Cc1ccc(N)c(/C(=C/Cc2ccccc2)c2ccc(Cl)cc2)c1. The van der Waals surface area contributed by atoms with Crippen molar-refractivity contribution in [3.05, 3.63) is 106 Å². The standard InChI is InChI=1S/C22H20ClN/c1-16-7-14-22(24)21(15-16)20(18-9-11-19(23)12-10-18)13-8-17-5-3-2-4-6-17/h2-7,9-15H,8,24H2,1H3/b20-13+. The van der Waals surface area contributed by atoms with E-state index in [-0.39, 0.29) is 0 Å². The van der Waals surface area contributed by atoms with Gasteiger partial charge in [-0.3, -0.25) is 0 Å². The molecule has 0 heterocycles. The van der Waals surface area contributed by atoms with Crippen molar-refractivity contribution in [1.82, 2.24) is 0 Å². The van der Waals surface area contributed by atoms with Gasteiger partial charge in [-0.2, -0.15) is 0 Å². The molecular formula is C22H20ClN. The Balaban J connectivity index is 2.06. The Labute approximate surface area is 148 Å². The molecule has 0 bridgehead atoms. The Bertz CT molecular complexity index is 849. The van der Waals surface area contributed by atoms with E-state index in [9.17, 15) is 0 Å².